The van der Waals surface area contributed by atoms with Crippen LogP contribution in [0.1, 0.15) is 37.2 Å². The number of aliphatic hydroxyl groups is 1. The van der Waals surface area contributed by atoms with Crippen molar-refractivity contribution >= 4 is 5.97 Å². The largest absolute Gasteiger partial charge is 0.479 e. The zero-order valence-corrected chi connectivity index (χ0v) is 9.75. The molecule has 2 N–H and O–H groups in total. The van der Waals surface area contributed by atoms with Crippen molar-refractivity contribution in [1.82, 2.24) is 0 Å². The van der Waals surface area contributed by atoms with Gasteiger partial charge in [-0.2, -0.15) is 0 Å². The summed E-state index contributed by atoms with van der Waals surface area (Å²) >= 11 is 0. The van der Waals surface area contributed by atoms with E-state index in [1.807, 2.05) is 18.2 Å². The molecule has 0 saturated heterocycles. The standard InChI is InChI=1S/C14H18O3/c15-13(14(16)17)12-8-6-11(7-9-12)10-4-2-1-3-5-10/h1-5,11-13,15H,6-9H2,(H,16,17). The van der Waals surface area contributed by atoms with Crippen molar-refractivity contribution in [2.75, 3.05) is 0 Å². The molecule has 0 bridgehead atoms. The number of benzene rings is 1. The van der Waals surface area contributed by atoms with E-state index < -0.39 is 12.1 Å². The Labute approximate surface area is 101 Å². The Morgan fingerprint density at radius 1 is 1.12 bits per heavy atom. The monoisotopic (exact) mass is 234 g/mol. The molecule has 0 radical (unpaired) electrons. The van der Waals surface area contributed by atoms with Gasteiger partial charge in [0.2, 0.25) is 0 Å². The first-order chi connectivity index (χ1) is 8.18. The second-order valence-electron chi connectivity index (χ2n) is 4.81. The van der Waals surface area contributed by atoms with E-state index >= 15 is 0 Å². The maximum Gasteiger partial charge on any atom is 0.332 e. The predicted octanol–water partition coefficient (Wildman–Crippen LogP) is 2.41. The normalized spacial score (nSPS) is 26.4. The zero-order chi connectivity index (χ0) is 12.3. The molecular weight excluding hydrogens is 216 g/mol. The lowest BCUT2D eigenvalue weighted by molar-refractivity contribution is -0.150. The second-order valence-corrected chi connectivity index (χ2v) is 4.81. The molecule has 0 heterocycles. The molecule has 17 heavy (non-hydrogen) atoms. The van der Waals surface area contributed by atoms with E-state index in [1.54, 1.807) is 0 Å². The van der Waals surface area contributed by atoms with E-state index in [9.17, 15) is 9.90 Å². The van der Waals surface area contributed by atoms with Gasteiger partial charge in [-0.3, -0.25) is 0 Å². The highest BCUT2D eigenvalue weighted by atomic mass is 16.4. The number of aliphatic carboxylic acids is 1. The van der Waals surface area contributed by atoms with Gasteiger partial charge in [0.15, 0.2) is 6.10 Å². The molecule has 1 fully saturated rings. The van der Waals surface area contributed by atoms with Gasteiger partial charge < -0.3 is 10.2 Å². The number of rotatable bonds is 3. The van der Waals surface area contributed by atoms with E-state index in [0.717, 1.165) is 25.7 Å². The summed E-state index contributed by atoms with van der Waals surface area (Å²) in [4.78, 5) is 10.7. The van der Waals surface area contributed by atoms with Crippen LogP contribution in [-0.2, 0) is 4.79 Å². The summed E-state index contributed by atoms with van der Waals surface area (Å²) < 4.78 is 0. The molecule has 1 aliphatic rings. The number of aliphatic hydroxyl groups excluding tert-OH is 1. The van der Waals surface area contributed by atoms with E-state index in [0.29, 0.717) is 5.92 Å². The molecule has 1 unspecified atom stereocenters. The average molecular weight is 234 g/mol. The van der Waals surface area contributed by atoms with Gasteiger partial charge in [0.1, 0.15) is 0 Å². The molecule has 1 saturated carbocycles. The number of carboxylic acid groups (broad SMARTS) is 1. The van der Waals surface area contributed by atoms with Crippen LogP contribution in [0.4, 0.5) is 0 Å². The fourth-order valence-electron chi connectivity index (χ4n) is 2.70. The second kappa shape index (κ2) is 5.32. The number of carboxylic acids is 1. The molecule has 1 aromatic rings. The Bertz CT molecular complexity index is 366. The lowest BCUT2D eigenvalue weighted by atomic mass is 9.77. The minimum absolute atomic E-state index is 0.0764. The third kappa shape index (κ3) is 2.86. The summed E-state index contributed by atoms with van der Waals surface area (Å²) in [6.07, 6.45) is 2.35. The summed E-state index contributed by atoms with van der Waals surface area (Å²) in [6.45, 7) is 0. The Hall–Kier alpha value is -1.35. The number of hydrogen-bond acceptors (Lipinski definition) is 2. The first-order valence-electron chi connectivity index (χ1n) is 6.14. The van der Waals surface area contributed by atoms with Crippen LogP contribution in [0.5, 0.6) is 0 Å². The van der Waals surface area contributed by atoms with Gasteiger partial charge in [-0.25, -0.2) is 4.79 Å². The molecule has 0 aromatic heterocycles. The molecule has 3 nitrogen and oxygen atoms in total. The van der Waals surface area contributed by atoms with Gasteiger partial charge in [0, 0.05) is 0 Å². The minimum atomic E-state index is -1.19. The van der Waals surface area contributed by atoms with Gasteiger partial charge in [-0.05, 0) is 43.1 Å². The molecule has 2 rings (SSSR count). The maximum absolute atomic E-state index is 10.7. The highest BCUT2D eigenvalue weighted by Crippen LogP contribution is 2.36. The van der Waals surface area contributed by atoms with Crippen LogP contribution in [0.2, 0.25) is 0 Å². The van der Waals surface area contributed by atoms with Crippen LogP contribution < -0.4 is 0 Å². The van der Waals surface area contributed by atoms with Gasteiger partial charge >= 0.3 is 5.97 Å². The third-order valence-electron chi connectivity index (χ3n) is 3.74. The maximum atomic E-state index is 10.7. The van der Waals surface area contributed by atoms with Crippen molar-refractivity contribution in [3.05, 3.63) is 35.9 Å². The predicted molar refractivity (Wildman–Crippen MR) is 64.8 cm³/mol. The zero-order valence-electron chi connectivity index (χ0n) is 9.75. The molecular formula is C14H18O3. The smallest absolute Gasteiger partial charge is 0.332 e. The highest BCUT2D eigenvalue weighted by Gasteiger charge is 2.30. The molecule has 0 amide bonds. The molecule has 92 valence electrons. The molecule has 0 aliphatic heterocycles. The fraction of sp³-hybridized carbons (Fsp3) is 0.500. The van der Waals surface area contributed by atoms with E-state index in [-0.39, 0.29) is 5.92 Å². The number of carbonyl (C=O) groups is 1. The van der Waals surface area contributed by atoms with Crippen LogP contribution in [0, 0.1) is 5.92 Å². The number of hydrogen-bond donors (Lipinski definition) is 2. The van der Waals surface area contributed by atoms with Crippen molar-refractivity contribution < 1.29 is 15.0 Å². The van der Waals surface area contributed by atoms with Crippen LogP contribution >= 0.6 is 0 Å². The van der Waals surface area contributed by atoms with E-state index in [2.05, 4.69) is 12.1 Å². The Morgan fingerprint density at radius 3 is 2.24 bits per heavy atom. The van der Waals surface area contributed by atoms with Crippen molar-refractivity contribution in [3.63, 3.8) is 0 Å². The highest BCUT2D eigenvalue weighted by molar-refractivity contribution is 5.72. The van der Waals surface area contributed by atoms with E-state index in [4.69, 9.17) is 5.11 Å². The van der Waals surface area contributed by atoms with E-state index in [1.165, 1.54) is 5.56 Å². The summed E-state index contributed by atoms with van der Waals surface area (Å²) in [5.41, 5.74) is 1.33. The van der Waals surface area contributed by atoms with Crippen LogP contribution in [0.15, 0.2) is 30.3 Å². The summed E-state index contributed by atoms with van der Waals surface area (Å²) in [6, 6.07) is 10.3. The average Bonchev–Trinajstić information content (AvgIpc) is 2.39. The van der Waals surface area contributed by atoms with Gasteiger partial charge in [-0.15, -0.1) is 0 Å². The molecule has 3 heteroatoms. The fourth-order valence-corrected chi connectivity index (χ4v) is 2.70. The van der Waals surface area contributed by atoms with Crippen molar-refractivity contribution in [1.29, 1.82) is 0 Å². The Kier molecular flexibility index (Phi) is 3.79. The Morgan fingerprint density at radius 2 is 1.71 bits per heavy atom. The van der Waals surface area contributed by atoms with Crippen LogP contribution in [0.3, 0.4) is 0 Å². The molecule has 0 spiro atoms. The first-order valence-corrected chi connectivity index (χ1v) is 6.14. The first kappa shape index (κ1) is 12.1. The van der Waals surface area contributed by atoms with Crippen molar-refractivity contribution in [2.45, 2.75) is 37.7 Å². The van der Waals surface area contributed by atoms with Crippen LogP contribution in [-0.4, -0.2) is 22.3 Å². The van der Waals surface area contributed by atoms with Gasteiger partial charge in [0.05, 0.1) is 0 Å². The molecule has 1 atom stereocenters. The Balaban J connectivity index is 1.93. The van der Waals surface area contributed by atoms with Crippen LogP contribution in [0.25, 0.3) is 0 Å². The molecule has 1 aliphatic carbocycles. The summed E-state index contributed by atoms with van der Waals surface area (Å²) in [5, 5.41) is 18.3. The minimum Gasteiger partial charge on any atom is -0.479 e. The topological polar surface area (TPSA) is 57.5 Å². The van der Waals surface area contributed by atoms with Crippen molar-refractivity contribution in [3.8, 4) is 0 Å². The summed E-state index contributed by atoms with van der Waals surface area (Å²) in [5.74, 6) is -0.644. The third-order valence-corrected chi connectivity index (χ3v) is 3.74. The lowest BCUT2D eigenvalue weighted by Crippen LogP contribution is -2.31. The van der Waals surface area contributed by atoms with Gasteiger partial charge in [0.25, 0.3) is 0 Å². The lowest BCUT2D eigenvalue weighted by Gasteiger charge is -2.30. The van der Waals surface area contributed by atoms with Gasteiger partial charge in [-0.1, -0.05) is 30.3 Å². The summed E-state index contributed by atoms with van der Waals surface area (Å²) in [7, 11) is 0. The quantitative estimate of drug-likeness (QED) is 0.844. The van der Waals surface area contributed by atoms with Crippen molar-refractivity contribution in [2.24, 2.45) is 5.92 Å². The molecule has 1 aromatic carbocycles. The SMILES string of the molecule is O=C(O)C(O)C1CCC(c2ccccc2)CC1.